The van der Waals surface area contributed by atoms with E-state index in [1.807, 2.05) is 48.3 Å². The zero-order valence-electron chi connectivity index (χ0n) is 17.0. The SMILES string of the molecule is Nc1cc(-c2ccc3c(CC(=O)O)cn(CC4CSc5ccc(Cl)cc54)c3c2)nc(N)n1. The Kier molecular flexibility index (Phi) is 5.19. The smallest absolute Gasteiger partial charge is 0.307 e. The zero-order valence-corrected chi connectivity index (χ0v) is 18.5. The van der Waals surface area contributed by atoms with Gasteiger partial charge in [-0.25, -0.2) is 4.98 Å². The summed E-state index contributed by atoms with van der Waals surface area (Å²) >= 11 is 8.07. The van der Waals surface area contributed by atoms with Gasteiger partial charge in [0.15, 0.2) is 0 Å². The number of hydrogen-bond donors (Lipinski definition) is 3. The number of nitrogen functional groups attached to an aromatic ring is 2. The van der Waals surface area contributed by atoms with Crippen molar-refractivity contribution in [3.05, 3.63) is 64.8 Å². The van der Waals surface area contributed by atoms with Crippen molar-refractivity contribution in [2.45, 2.75) is 23.8 Å². The first-order valence-electron chi connectivity index (χ1n) is 10.0. The molecule has 0 spiro atoms. The molecule has 0 radical (unpaired) electrons. The van der Waals surface area contributed by atoms with Gasteiger partial charge in [0.25, 0.3) is 0 Å². The zero-order chi connectivity index (χ0) is 22.4. The number of thioether (sulfide) groups is 1. The average molecular weight is 466 g/mol. The molecule has 2 aromatic heterocycles. The Bertz CT molecular complexity index is 1350. The van der Waals surface area contributed by atoms with E-state index in [4.69, 9.17) is 23.1 Å². The van der Waals surface area contributed by atoms with Gasteiger partial charge in [-0.3, -0.25) is 4.79 Å². The van der Waals surface area contributed by atoms with Gasteiger partial charge in [-0.2, -0.15) is 4.98 Å². The van der Waals surface area contributed by atoms with Crippen LogP contribution < -0.4 is 11.5 Å². The van der Waals surface area contributed by atoms with E-state index in [-0.39, 0.29) is 18.3 Å². The third kappa shape index (κ3) is 3.87. The van der Waals surface area contributed by atoms with Crippen LogP contribution in [-0.2, 0) is 17.8 Å². The van der Waals surface area contributed by atoms with Crippen molar-refractivity contribution in [3.8, 4) is 11.3 Å². The van der Waals surface area contributed by atoms with Gasteiger partial charge in [0, 0.05) is 56.9 Å². The fourth-order valence-electron chi connectivity index (χ4n) is 4.25. The van der Waals surface area contributed by atoms with Crippen LogP contribution in [0.25, 0.3) is 22.2 Å². The van der Waals surface area contributed by atoms with Gasteiger partial charge in [0.2, 0.25) is 5.95 Å². The van der Waals surface area contributed by atoms with E-state index in [1.54, 1.807) is 6.07 Å². The normalized spacial score (nSPS) is 15.2. The van der Waals surface area contributed by atoms with Crippen LogP contribution in [0.15, 0.2) is 53.6 Å². The Morgan fingerprint density at radius 3 is 2.81 bits per heavy atom. The maximum absolute atomic E-state index is 11.5. The summed E-state index contributed by atoms with van der Waals surface area (Å²) < 4.78 is 2.13. The summed E-state index contributed by atoms with van der Waals surface area (Å²) in [4.78, 5) is 20.9. The number of carboxylic acids is 1. The molecule has 3 heterocycles. The molecule has 1 atom stereocenters. The molecule has 1 aliphatic heterocycles. The Morgan fingerprint density at radius 1 is 1.19 bits per heavy atom. The molecule has 4 aromatic rings. The molecular formula is C23H20ClN5O2S. The molecule has 0 saturated carbocycles. The molecule has 0 amide bonds. The predicted molar refractivity (Wildman–Crippen MR) is 128 cm³/mol. The number of hydrogen-bond acceptors (Lipinski definition) is 6. The van der Waals surface area contributed by atoms with E-state index in [2.05, 4.69) is 20.6 Å². The van der Waals surface area contributed by atoms with Gasteiger partial charge < -0.3 is 21.1 Å². The molecule has 0 fully saturated rings. The summed E-state index contributed by atoms with van der Waals surface area (Å²) in [6.45, 7) is 0.716. The number of carboxylic acid groups (broad SMARTS) is 1. The fourth-order valence-corrected chi connectivity index (χ4v) is 5.66. The highest BCUT2D eigenvalue weighted by Gasteiger charge is 2.25. The molecule has 7 nitrogen and oxygen atoms in total. The van der Waals surface area contributed by atoms with Crippen LogP contribution in [0, 0.1) is 0 Å². The molecule has 1 unspecified atom stereocenters. The molecule has 9 heteroatoms. The van der Waals surface area contributed by atoms with Crippen molar-refractivity contribution >= 4 is 52.0 Å². The molecular weight excluding hydrogens is 446 g/mol. The highest BCUT2D eigenvalue weighted by molar-refractivity contribution is 7.99. The Hall–Kier alpha value is -3.23. The Morgan fingerprint density at radius 2 is 2.03 bits per heavy atom. The molecule has 2 aromatic carbocycles. The Labute approximate surface area is 193 Å². The molecule has 0 aliphatic carbocycles. The lowest BCUT2D eigenvalue weighted by Crippen LogP contribution is -2.08. The first kappa shape index (κ1) is 20.7. The van der Waals surface area contributed by atoms with E-state index in [9.17, 15) is 9.90 Å². The highest BCUT2D eigenvalue weighted by Crippen LogP contribution is 2.42. The maximum Gasteiger partial charge on any atom is 0.307 e. The minimum atomic E-state index is -0.863. The van der Waals surface area contributed by atoms with E-state index in [0.29, 0.717) is 18.1 Å². The topological polar surface area (TPSA) is 120 Å². The van der Waals surface area contributed by atoms with Crippen molar-refractivity contribution in [1.29, 1.82) is 0 Å². The van der Waals surface area contributed by atoms with Crippen LogP contribution >= 0.6 is 23.4 Å². The van der Waals surface area contributed by atoms with Gasteiger partial charge >= 0.3 is 5.97 Å². The predicted octanol–water partition coefficient (Wildman–Crippen LogP) is 4.43. The minimum Gasteiger partial charge on any atom is -0.481 e. The highest BCUT2D eigenvalue weighted by atomic mass is 35.5. The van der Waals surface area contributed by atoms with Gasteiger partial charge in [-0.15, -0.1) is 11.8 Å². The summed E-state index contributed by atoms with van der Waals surface area (Å²) in [6.07, 6.45) is 1.90. The summed E-state index contributed by atoms with van der Waals surface area (Å²) in [5, 5.41) is 11.0. The van der Waals surface area contributed by atoms with E-state index in [0.717, 1.165) is 32.8 Å². The van der Waals surface area contributed by atoms with E-state index >= 15 is 0 Å². The number of nitrogens with two attached hydrogens (primary N) is 2. The van der Waals surface area contributed by atoms with Crippen LogP contribution in [0.4, 0.5) is 11.8 Å². The van der Waals surface area contributed by atoms with Crippen molar-refractivity contribution < 1.29 is 9.90 Å². The summed E-state index contributed by atoms with van der Waals surface area (Å²) in [6, 6.07) is 13.5. The number of anilines is 2. The number of fused-ring (bicyclic) bond motifs is 2. The van der Waals surface area contributed by atoms with Crippen LogP contribution in [0.3, 0.4) is 0 Å². The number of halogens is 1. The number of aromatic nitrogens is 3. The monoisotopic (exact) mass is 465 g/mol. The number of aliphatic carboxylic acids is 1. The second-order valence-corrected chi connectivity index (χ2v) is 9.33. The lowest BCUT2D eigenvalue weighted by Gasteiger charge is -2.14. The third-order valence-electron chi connectivity index (χ3n) is 5.63. The second-order valence-electron chi connectivity index (χ2n) is 7.84. The lowest BCUT2D eigenvalue weighted by atomic mass is 10.0. The molecule has 0 saturated heterocycles. The molecule has 0 bridgehead atoms. The molecule has 5 rings (SSSR count). The Balaban J connectivity index is 1.60. The summed E-state index contributed by atoms with van der Waals surface area (Å²) in [5.41, 5.74) is 16.0. The summed E-state index contributed by atoms with van der Waals surface area (Å²) in [7, 11) is 0. The standard InChI is InChI=1S/C23H20ClN5O2S/c24-15-2-4-20-17(7-15)14(11-32-20)10-29-9-13(6-22(30)31)16-3-1-12(5-19(16)29)18-8-21(25)28-23(26)27-18/h1-5,7-9,14H,6,10-11H2,(H,30,31)(H4,25,26,27,28). The first-order chi connectivity index (χ1) is 15.4. The van der Waals surface area contributed by atoms with Crippen LogP contribution in [-0.4, -0.2) is 31.4 Å². The van der Waals surface area contributed by atoms with E-state index in [1.165, 1.54) is 10.5 Å². The molecule has 1 aliphatic rings. The van der Waals surface area contributed by atoms with Crippen LogP contribution in [0.2, 0.25) is 5.02 Å². The maximum atomic E-state index is 11.5. The van der Waals surface area contributed by atoms with Gasteiger partial charge in [-0.05, 0) is 35.4 Å². The first-order valence-corrected chi connectivity index (χ1v) is 11.4. The molecule has 162 valence electrons. The van der Waals surface area contributed by atoms with Crippen LogP contribution in [0.5, 0.6) is 0 Å². The van der Waals surface area contributed by atoms with Crippen molar-refractivity contribution in [2.24, 2.45) is 0 Å². The quantitative estimate of drug-likeness (QED) is 0.398. The molecule has 5 N–H and O–H groups in total. The van der Waals surface area contributed by atoms with Crippen molar-refractivity contribution in [1.82, 2.24) is 14.5 Å². The van der Waals surface area contributed by atoms with E-state index < -0.39 is 5.97 Å². The number of carbonyl (C=O) groups is 1. The third-order valence-corrected chi connectivity index (χ3v) is 7.12. The van der Waals surface area contributed by atoms with Gasteiger partial charge in [0.1, 0.15) is 5.82 Å². The lowest BCUT2D eigenvalue weighted by molar-refractivity contribution is -0.136. The average Bonchev–Trinajstić information content (AvgIpc) is 3.28. The van der Waals surface area contributed by atoms with Crippen molar-refractivity contribution in [3.63, 3.8) is 0 Å². The number of rotatable bonds is 5. The van der Waals surface area contributed by atoms with Gasteiger partial charge in [0.05, 0.1) is 12.1 Å². The second kappa shape index (κ2) is 8.03. The minimum absolute atomic E-state index is 0.0436. The largest absolute Gasteiger partial charge is 0.481 e. The number of benzene rings is 2. The number of nitrogens with zero attached hydrogens (tertiary/aromatic N) is 3. The van der Waals surface area contributed by atoms with Gasteiger partial charge in [-0.1, -0.05) is 23.7 Å². The fraction of sp³-hybridized carbons (Fsp3) is 0.174. The van der Waals surface area contributed by atoms with Crippen LogP contribution in [0.1, 0.15) is 17.0 Å². The molecule has 32 heavy (non-hydrogen) atoms. The summed E-state index contributed by atoms with van der Waals surface area (Å²) in [5.74, 6) is 0.765. The van der Waals surface area contributed by atoms with Crippen molar-refractivity contribution in [2.75, 3.05) is 17.2 Å².